The number of carbonyl (C=O) groups excluding carboxylic acids is 1. The Labute approximate surface area is 131 Å². The quantitative estimate of drug-likeness (QED) is 0.887. The summed E-state index contributed by atoms with van der Waals surface area (Å²) in [5.74, 6) is 0.519. The molecule has 0 radical (unpaired) electrons. The van der Waals surface area contributed by atoms with Gasteiger partial charge >= 0.3 is 6.03 Å². The summed E-state index contributed by atoms with van der Waals surface area (Å²) in [6, 6.07) is 6.65. The maximum Gasteiger partial charge on any atom is 0.317 e. The van der Waals surface area contributed by atoms with Gasteiger partial charge in [-0.1, -0.05) is 13.8 Å². The molecule has 1 aliphatic rings. The molecular weight excluding hydrogens is 274 g/mol. The number of aryl methyl sites for hydroxylation is 1. The maximum absolute atomic E-state index is 12.0. The maximum atomic E-state index is 12.0. The average Bonchev–Trinajstić information content (AvgIpc) is 3.12. The van der Waals surface area contributed by atoms with E-state index in [0.29, 0.717) is 12.5 Å². The number of carbonyl (C=O) groups is 1. The van der Waals surface area contributed by atoms with Gasteiger partial charge in [-0.15, -0.1) is 0 Å². The molecule has 0 unspecified atom stereocenters. The zero-order valence-electron chi connectivity index (χ0n) is 13.7. The third kappa shape index (κ3) is 2.96. The highest BCUT2D eigenvalue weighted by Gasteiger charge is 2.17. The van der Waals surface area contributed by atoms with Gasteiger partial charge in [-0.2, -0.15) is 0 Å². The van der Waals surface area contributed by atoms with Gasteiger partial charge in [0, 0.05) is 24.3 Å². The SMILES string of the molecule is Cc1cc2cc(CNC(=O)N3CCCC3)[nH]c2cc1C(C)C. The largest absolute Gasteiger partial charge is 0.357 e. The Morgan fingerprint density at radius 3 is 2.68 bits per heavy atom. The number of rotatable bonds is 3. The van der Waals surface area contributed by atoms with E-state index < -0.39 is 0 Å². The summed E-state index contributed by atoms with van der Waals surface area (Å²) in [5.41, 5.74) is 4.92. The summed E-state index contributed by atoms with van der Waals surface area (Å²) >= 11 is 0. The van der Waals surface area contributed by atoms with Crippen LogP contribution in [0, 0.1) is 6.92 Å². The molecule has 22 heavy (non-hydrogen) atoms. The van der Waals surface area contributed by atoms with E-state index in [4.69, 9.17) is 0 Å². The lowest BCUT2D eigenvalue weighted by molar-refractivity contribution is 0.208. The Bertz CT molecular complexity index is 681. The molecule has 1 aromatic heterocycles. The lowest BCUT2D eigenvalue weighted by Crippen LogP contribution is -2.37. The van der Waals surface area contributed by atoms with E-state index in [0.717, 1.165) is 37.1 Å². The number of benzene rings is 1. The van der Waals surface area contributed by atoms with Crippen molar-refractivity contribution < 1.29 is 4.79 Å². The first-order valence-electron chi connectivity index (χ1n) is 8.19. The van der Waals surface area contributed by atoms with Crippen LogP contribution in [0.4, 0.5) is 4.79 Å². The van der Waals surface area contributed by atoms with E-state index >= 15 is 0 Å². The molecule has 2 aromatic rings. The predicted octanol–water partition coefficient (Wildman–Crippen LogP) is 3.91. The first-order chi connectivity index (χ1) is 10.5. The molecule has 2 amide bonds. The molecule has 0 aliphatic carbocycles. The number of fused-ring (bicyclic) bond motifs is 1. The van der Waals surface area contributed by atoms with Crippen LogP contribution < -0.4 is 5.32 Å². The number of urea groups is 1. The Kier molecular flexibility index (Phi) is 4.10. The number of H-pyrrole nitrogens is 1. The first-order valence-corrected chi connectivity index (χ1v) is 8.19. The Hall–Kier alpha value is -1.97. The zero-order chi connectivity index (χ0) is 15.7. The number of nitrogens with zero attached hydrogens (tertiary/aromatic N) is 1. The van der Waals surface area contributed by atoms with Crippen LogP contribution in [0.5, 0.6) is 0 Å². The first kappa shape index (κ1) is 14.9. The molecule has 1 saturated heterocycles. The number of amides is 2. The highest BCUT2D eigenvalue weighted by Crippen LogP contribution is 2.25. The van der Waals surface area contributed by atoms with Crippen molar-refractivity contribution in [2.45, 2.75) is 46.1 Å². The lowest BCUT2D eigenvalue weighted by atomic mass is 9.97. The zero-order valence-corrected chi connectivity index (χ0v) is 13.7. The van der Waals surface area contributed by atoms with Gasteiger partial charge in [-0.25, -0.2) is 4.79 Å². The van der Waals surface area contributed by atoms with Gasteiger partial charge in [0.1, 0.15) is 0 Å². The molecule has 118 valence electrons. The van der Waals surface area contributed by atoms with Crippen LogP contribution >= 0.6 is 0 Å². The highest BCUT2D eigenvalue weighted by molar-refractivity contribution is 5.82. The van der Waals surface area contributed by atoms with Crippen molar-refractivity contribution in [2.24, 2.45) is 0 Å². The van der Waals surface area contributed by atoms with Crippen LogP contribution in [0.25, 0.3) is 10.9 Å². The molecule has 2 N–H and O–H groups in total. The van der Waals surface area contributed by atoms with E-state index in [2.05, 4.69) is 49.3 Å². The molecule has 0 saturated carbocycles. The standard InChI is InChI=1S/C18H25N3O/c1-12(2)16-10-17-14(8-13(16)3)9-15(20-17)11-19-18(22)21-6-4-5-7-21/h8-10,12,20H,4-7,11H2,1-3H3,(H,19,22). The fourth-order valence-corrected chi connectivity index (χ4v) is 3.29. The Morgan fingerprint density at radius 2 is 2.00 bits per heavy atom. The number of aromatic nitrogens is 1. The molecule has 1 fully saturated rings. The number of nitrogens with one attached hydrogen (secondary N) is 2. The molecule has 0 spiro atoms. The summed E-state index contributed by atoms with van der Waals surface area (Å²) in [7, 11) is 0. The third-order valence-corrected chi connectivity index (χ3v) is 4.51. The topological polar surface area (TPSA) is 48.1 Å². The Morgan fingerprint density at radius 1 is 1.27 bits per heavy atom. The van der Waals surface area contributed by atoms with E-state index in [1.165, 1.54) is 16.5 Å². The number of hydrogen-bond acceptors (Lipinski definition) is 1. The number of hydrogen-bond donors (Lipinski definition) is 2. The van der Waals surface area contributed by atoms with E-state index in [9.17, 15) is 4.79 Å². The smallest absolute Gasteiger partial charge is 0.317 e. The van der Waals surface area contributed by atoms with Gasteiger partial charge in [0.2, 0.25) is 0 Å². The second kappa shape index (κ2) is 6.03. The van der Waals surface area contributed by atoms with E-state index in [1.807, 2.05) is 4.90 Å². The fraction of sp³-hybridized carbons (Fsp3) is 0.500. The predicted molar refractivity (Wildman–Crippen MR) is 90.2 cm³/mol. The third-order valence-electron chi connectivity index (χ3n) is 4.51. The minimum absolute atomic E-state index is 0.0511. The van der Waals surface area contributed by atoms with Crippen molar-refractivity contribution in [2.75, 3.05) is 13.1 Å². The number of likely N-dealkylation sites (tertiary alicyclic amines) is 1. The monoisotopic (exact) mass is 299 g/mol. The molecule has 0 atom stereocenters. The number of aromatic amines is 1. The lowest BCUT2D eigenvalue weighted by Gasteiger charge is -2.15. The normalized spacial score (nSPS) is 15.0. The van der Waals surface area contributed by atoms with Crippen molar-refractivity contribution in [3.05, 3.63) is 35.0 Å². The summed E-state index contributed by atoms with van der Waals surface area (Å²) in [6.07, 6.45) is 2.24. The second-order valence-corrected chi connectivity index (χ2v) is 6.60. The molecule has 2 heterocycles. The van der Waals surface area contributed by atoms with Gasteiger partial charge in [0.25, 0.3) is 0 Å². The molecule has 1 aliphatic heterocycles. The molecule has 0 bridgehead atoms. The van der Waals surface area contributed by atoms with Crippen LogP contribution in [0.2, 0.25) is 0 Å². The minimum atomic E-state index is 0.0511. The van der Waals surface area contributed by atoms with Crippen molar-refractivity contribution in [1.29, 1.82) is 0 Å². The summed E-state index contributed by atoms with van der Waals surface area (Å²) in [4.78, 5) is 17.4. The van der Waals surface area contributed by atoms with Crippen LogP contribution in [-0.2, 0) is 6.54 Å². The molecule has 4 heteroatoms. The molecule has 4 nitrogen and oxygen atoms in total. The van der Waals surface area contributed by atoms with Crippen LogP contribution in [0.15, 0.2) is 18.2 Å². The van der Waals surface area contributed by atoms with E-state index in [-0.39, 0.29) is 6.03 Å². The van der Waals surface area contributed by atoms with E-state index in [1.54, 1.807) is 0 Å². The minimum Gasteiger partial charge on any atom is -0.357 e. The van der Waals surface area contributed by atoms with Crippen molar-refractivity contribution in [1.82, 2.24) is 15.2 Å². The van der Waals surface area contributed by atoms with Crippen molar-refractivity contribution in [3.8, 4) is 0 Å². The van der Waals surface area contributed by atoms with Gasteiger partial charge in [-0.05, 0) is 60.4 Å². The van der Waals surface area contributed by atoms with Crippen LogP contribution in [0.3, 0.4) is 0 Å². The summed E-state index contributed by atoms with van der Waals surface area (Å²) < 4.78 is 0. The highest BCUT2D eigenvalue weighted by atomic mass is 16.2. The average molecular weight is 299 g/mol. The molecule has 3 rings (SSSR count). The van der Waals surface area contributed by atoms with Gasteiger partial charge in [-0.3, -0.25) is 0 Å². The van der Waals surface area contributed by atoms with Crippen molar-refractivity contribution >= 4 is 16.9 Å². The summed E-state index contributed by atoms with van der Waals surface area (Å²) in [5, 5.41) is 4.22. The van der Waals surface area contributed by atoms with Gasteiger partial charge in [0.15, 0.2) is 0 Å². The van der Waals surface area contributed by atoms with Crippen LogP contribution in [0.1, 0.15) is 49.4 Å². The molecular formula is C18H25N3O. The fourth-order valence-electron chi connectivity index (χ4n) is 3.29. The van der Waals surface area contributed by atoms with Gasteiger partial charge < -0.3 is 15.2 Å². The van der Waals surface area contributed by atoms with Crippen molar-refractivity contribution in [3.63, 3.8) is 0 Å². The van der Waals surface area contributed by atoms with Gasteiger partial charge in [0.05, 0.1) is 6.54 Å². The summed E-state index contributed by atoms with van der Waals surface area (Å²) in [6.45, 7) is 8.92. The Balaban J connectivity index is 1.73. The second-order valence-electron chi connectivity index (χ2n) is 6.60. The van der Waals surface area contributed by atoms with Crippen LogP contribution in [-0.4, -0.2) is 29.0 Å². The molecule has 1 aromatic carbocycles.